The van der Waals surface area contributed by atoms with E-state index in [4.69, 9.17) is 5.21 Å². The van der Waals surface area contributed by atoms with Crippen molar-refractivity contribution in [3.05, 3.63) is 60.2 Å². The number of para-hydroxylation sites is 1. The molecule has 1 saturated carbocycles. The molecule has 29 heavy (non-hydrogen) atoms. The smallest absolute Gasteiger partial charge is 0.267 e. The van der Waals surface area contributed by atoms with Gasteiger partial charge >= 0.3 is 0 Å². The zero-order chi connectivity index (χ0) is 20.3. The number of aromatic nitrogens is 2. The third-order valence-corrected chi connectivity index (χ3v) is 5.58. The molecule has 2 heterocycles. The Morgan fingerprint density at radius 3 is 2.52 bits per heavy atom. The van der Waals surface area contributed by atoms with Crippen molar-refractivity contribution in [1.29, 1.82) is 0 Å². The molecule has 4 rings (SSSR count). The van der Waals surface area contributed by atoms with E-state index in [2.05, 4.69) is 14.9 Å². The van der Waals surface area contributed by atoms with Crippen LogP contribution in [0.3, 0.4) is 0 Å². The van der Waals surface area contributed by atoms with Gasteiger partial charge in [-0.2, -0.15) is 0 Å². The first-order valence-electron chi connectivity index (χ1n) is 9.66. The van der Waals surface area contributed by atoms with Crippen LogP contribution in [0.25, 0.3) is 6.08 Å². The van der Waals surface area contributed by atoms with Crippen molar-refractivity contribution < 1.29 is 14.8 Å². The molecule has 0 unspecified atom stereocenters. The number of nitrogens with one attached hydrogen (secondary N) is 1. The molecule has 8 heteroatoms. The number of hydrogen-bond acceptors (Lipinski definition) is 6. The highest BCUT2D eigenvalue weighted by atomic mass is 16.5. The van der Waals surface area contributed by atoms with Crippen molar-refractivity contribution in [2.75, 3.05) is 31.1 Å². The Bertz CT molecular complexity index is 919. The van der Waals surface area contributed by atoms with E-state index in [9.17, 15) is 9.59 Å². The van der Waals surface area contributed by atoms with Gasteiger partial charge in [0, 0.05) is 56.5 Å². The molecule has 1 aromatic heterocycles. The summed E-state index contributed by atoms with van der Waals surface area (Å²) in [5.41, 5.74) is 3.75. The fourth-order valence-electron chi connectivity index (χ4n) is 3.82. The highest BCUT2D eigenvalue weighted by Crippen LogP contribution is 2.48. The highest BCUT2D eigenvalue weighted by Gasteiger charge is 2.54. The summed E-state index contributed by atoms with van der Waals surface area (Å²) >= 11 is 0. The largest absolute Gasteiger partial charge is 0.367 e. The Morgan fingerprint density at radius 1 is 1.10 bits per heavy atom. The molecule has 0 radical (unpaired) electrons. The average molecular weight is 393 g/mol. The predicted octanol–water partition coefficient (Wildman–Crippen LogP) is 1.38. The predicted molar refractivity (Wildman–Crippen MR) is 107 cm³/mol. The fraction of sp³-hybridized carbons (Fsp3) is 0.333. The fourth-order valence-corrected chi connectivity index (χ4v) is 3.82. The normalized spacial score (nSPS) is 18.0. The van der Waals surface area contributed by atoms with Crippen molar-refractivity contribution >= 4 is 23.6 Å². The van der Waals surface area contributed by atoms with Crippen molar-refractivity contribution in [2.45, 2.75) is 18.3 Å². The molecule has 0 spiro atoms. The van der Waals surface area contributed by atoms with E-state index in [-0.39, 0.29) is 5.91 Å². The van der Waals surface area contributed by atoms with Crippen LogP contribution in [0.5, 0.6) is 0 Å². The zero-order valence-electron chi connectivity index (χ0n) is 16.0. The van der Waals surface area contributed by atoms with Gasteiger partial charge in [0.15, 0.2) is 0 Å². The standard InChI is InChI=1S/C21H23N5O3/c27-19(24-29)6-5-16-3-1-2-4-17(16)25-11-13-26(14-12-25)20(28)21(7-8-21)18-15-22-9-10-23-18/h1-6,9-10,15,29H,7-8,11-14H2,(H,24,27). The van der Waals surface area contributed by atoms with Crippen LogP contribution in [-0.2, 0) is 15.0 Å². The van der Waals surface area contributed by atoms with Crippen molar-refractivity contribution in [3.63, 3.8) is 0 Å². The van der Waals surface area contributed by atoms with Gasteiger partial charge in [-0.05, 0) is 30.5 Å². The van der Waals surface area contributed by atoms with E-state index in [1.54, 1.807) is 30.1 Å². The lowest BCUT2D eigenvalue weighted by molar-refractivity contribution is -0.134. The molecule has 1 aliphatic carbocycles. The average Bonchev–Trinajstić information content (AvgIpc) is 3.60. The van der Waals surface area contributed by atoms with Crippen LogP contribution < -0.4 is 10.4 Å². The molecular formula is C21H23N5O3. The van der Waals surface area contributed by atoms with Gasteiger partial charge in [0.1, 0.15) is 0 Å². The summed E-state index contributed by atoms with van der Waals surface area (Å²) < 4.78 is 0. The van der Waals surface area contributed by atoms with Gasteiger partial charge in [-0.25, -0.2) is 5.48 Å². The number of nitrogens with zero attached hydrogens (tertiary/aromatic N) is 4. The molecule has 8 nitrogen and oxygen atoms in total. The quantitative estimate of drug-likeness (QED) is 0.452. The van der Waals surface area contributed by atoms with E-state index in [0.29, 0.717) is 26.2 Å². The van der Waals surface area contributed by atoms with E-state index in [0.717, 1.165) is 29.8 Å². The van der Waals surface area contributed by atoms with Crippen LogP contribution in [0, 0.1) is 0 Å². The Balaban J connectivity index is 1.44. The molecule has 0 atom stereocenters. The molecule has 0 bridgehead atoms. The summed E-state index contributed by atoms with van der Waals surface area (Å²) in [6.07, 6.45) is 9.58. The van der Waals surface area contributed by atoms with Gasteiger partial charge in [-0.1, -0.05) is 18.2 Å². The van der Waals surface area contributed by atoms with Gasteiger partial charge in [-0.3, -0.25) is 24.8 Å². The summed E-state index contributed by atoms with van der Waals surface area (Å²) in [5.74, 6) is -0.431. The maximum Gasteiger partial charge on any atom is 0.267 e. The van der Waals surface area contributed by atoms with Crippen LogP contribution in [0.1, 0.15) is 24.1 Å². The molecule has 2 aliphatic rings. The lowest BCUT2D eigenvalue weighted by Gasteiger charge is -2.38. The Kier molecular flexibility index (Phi) is 5.26. The second-order valence-corrected chi connectivity index (χ2v) is 7.32. The molecule has 1 aromatic carbocycles. The second kappa shape index (κ2) is 8.00. The molecule has 1 aliphatic heterocycles. The minimum Gasteiger partial charge on any atom is -0.367 e. The maximum atomic E-state index is 13.2. The highest BCUT2D eigenvalue weighted by molar-refractivity contribution is 5.92. The number of benzene rings is 1. The van der Waals surface area contributed by atoms with Gasteiger partial charge in [0.05, 0.1) is 11.1 Å². The third-order valence-electron chi connectivity index (χ3n) is 5.58. The first kappa shape index (κ1) is 19.1. The zero-order valence-corrected chi connectivity index (χ0v) is 16.0. The molecule has 2 aromatic rings. The molecule has 150 valence electrons. The van der Waals surface area contributed by atoms with E-state index in [1.807, 2.05) is 29.2 Å². The van der Waals surface area contributed by atoms with Crippen LogP contribution in [0.4, 0.5) is 5.69 Å². The molecule has 2 amide bonds. The van der Waals surface area contributed by atoms with Crippen molar-refractivity contribution in [3.8, 4) is 0 Å². The third kappa shape index (κ3) is 3.84. The Hall–Kier alpha value is -3.26. The number of amides is 2. The van der Waals surface area contributed by atoms with Crippen LogP contribution in [0.2, 0.25) is 0 Å². The molecule has 2 fully saturated rings. The number of carbonyl (C=O) groups is 2. The summed E-state index contributed by atoms with van der Waals surface area (Å²) in [6, 6.07) is 7.76. The number of hydroxylamine groups is 1. The van der Waals surface area contributed by atoms with Crippen LogP contribution in [0.15, 0.2) is 48.9 Å². The maximum absolute atomic E-state index is 13.2. The summed E-state index contributed by atoms with van der Waals surface area (Å²) in [7, 11) is 0. The number of anilines is 1. The Labute approximate surface area is 168 Å². The summed E-state index contributed by atoms with van der Waals surface area (Å²) in [5, 5.41) is 8.66. The van der Waals surface area contributed by atoms with Crippen LogP contribution in [-0.4, -0.2) is 58.1 Å². The first-order chi connectivity index (χ1) is 14.1. The van der Waals surface area contributed by atoms with Gasteiger partial charge in [-0.15, -0.1) is 0 Å². The summed E-state index contributed by atoms with van der Waals surface area (Å²) in [6.45, 7) is 2.69. The van der Waals surface area contributed by atoms with Crippen molar-refractivity contribution in [2.24, 2.45) is 0 Å². The van der Waals surface area contributed by atoms with E-state index in [1.165, 1.54) is 6.08 Å². The number of rotatable bonds is 5. The number of carbonyl (C=O) groups excluding carboxylic acids is 2. The van der Waals surface area contributed by atoms with Crippen LogP contribution >= 0.6 is 0 Å². The number of piperazine rings is 1. The molecule has 2 N–H and O–H groups in total. The molecule has 1 saturated heterocycles. The minimum absolute atomic E-state index is 0.144. The Morgan fingerprint density at radius 2 is 1.86 bits per heavy atom. The monoisotopic (exact) mass is 393 g/mol. The van der Waals surface area contributed by atoms with Gasteiger partial charge < -0.3 is 9.80 Å². The minimum atomic E-state index is -0.575. The second-order valence-electron chi connectivity index (χ2n) is 7.32. The van der Waals surface area contributed by atoms with Gasteiger partial charge in [0.2, 0.25) is 5.91 Å². The first-order valence-corrected chi connectivity index (χ1v) is 9.66. The SMILES string of the molecule is O=C(C=Cc1ccccc1N1CCN(C(=O)C2(c3cnccn3)CC2)CC1)NO. The van der Waals surface area contributed by atoms with Gasteiger partial charge in [0.25, 0.3) is 5.91 Å². The molecular weight excluding hydrogens is 370 g/mol. The van der Waals surface area contributed by atoms with Crippen molar-refractivity contribution in [1.82, 2.24) is 20.3 Å². The lowest BCUT2D eigenvalue weighted by atomic mass is 10.0. The van der Waals surface area contributed by atoms with E-state index >= 15 is 0 Å². The van der Waals surface area contributed by atoms with E-state index < -0.39 is 11.3 Å². The number of hydrogen-bond donors (Lipinski definition) is 2. The summed E-state index contributed by atoms with van der Waals surface area (Å²) in [4.78, 5) is 37.1. The lowest BCUT2D eigenvalue weighted by Crippen LogP contribution is -2.51. The topological polar surface area (TPSA) is 98.7 Å².